The van der Waals surface area contributed by atoms with Crippen LogP contribution in [0.4, 0.5) is 10.1 Å². The Morgan fingerprint density at radius 2 is 2.31 bits per heavy atom. The van der Waals surface area contributed by atoms with Crippen LogP contribution in [0.2, 0.25) is 0 Å². The zero-order valence-electron chi connectivity index (χ0n) is 9.01. The second-order valence-electron chi connectivity index (χ2n) is 3.32. The highest BCUT2D eigenvalue weighted by atomic mass is 19.1. The first-order chi connectivity index (χ1) is 7.63. The van der Waals surface area contributed by atoms with Crippen molar-refractivity contribution in [1.29, 1.82) is 0 Å². The average Bonchev–Trinajstić information content (AvgIpc) is 2.23. The number of aryl methyl sites for hydroxylation is 1. The van der Waals surface area contributed by atoms with Crippen molar-refractivity contribution in [3.63, 3.8) is 0 Å². The second-order valence-corrected chi connectivity index (χ2v) is 3.32. The molecule has 0 radical (unpaired) electrons. The Labute approximate surface area is 94.0 Å². The van der Waals surface area contributed by atoms with E-state index in [1.807, 2.05) is 0 Å². The summed E-state index contributed by atoms with van der Waals surface area (Å²) in [5.74, 6) is 1.84. The zero-order valence-corrected chi connectivity index (χ0v) is 9.01. The van der Waals surface area contributed by atoms with Gasteiger partial charge in [-0.05, 0) is 30.7 Å². The van der Waals surface area contributed by atoms with E-state index in [9.17, 15) is 9.18 Å². The van der Waals surface area contributed by atoms with E-state index in [4.69, 9.17) is 6.42 Å². The molecule has 0 aromatic heterocycles. The molecule has 0 saturated carbocycles. The van der Waals surface area contributed by atoms with Crippen LogP contribution >= 0.6 is 0 Å². The summed E-state index contributed by atoms with van der Waals surface area (Å²) in [4.78, 5) is 11.4. The summed E-state index contributed by atoms with van der Waals surface area (Å²) in [6.45, 7) is 2.21. The molecule has 0 spiro atoms. The Balaban J connectivity index is 2.53. The standard InChI is InChI=1S/C12H13FN2O/c1-3-6-14-8-12(16)15-11-5-4-10(13)7-9(11)2/h1,4-5,7,14H,6,8H2,2H3,(H,15,16). The quantitative estimate of drug-likeness (QED) is 0.593. The molecule has 0 unspecified atom stereocenters. The van der Waals surface area contributed by atoms with Crippen molar-refractivity contribution in [2.75, 3.05) is 18.4 Å². The highest BCUT2D eigenvalue weighted by molar-refractivity contribution is 5.92. The lowest BCUT2D eigenvalue weighted by molar-refractivity contribution is -0.115. The minimum atomic E-state index is -0.319. The number of carbonyl (C=O) groups excluding carboxylic acids is 1. The van der Waals surface area contributed by atoms with Crippen LogP contribution in [0.3, 0.4) is 0 Å². The Hall–Kier alpha value is -1.86. The van der Waals surface area contributed by atoms with E-state index < -0.39 is 0 Å². The number of terminal acetylenes is 1. The first kappa shape index (κ1) is 12.2. The largest absolute Gasteiger partial charge is 0.325 e. The van der Waals surface area contributed by atoms with E-state index in [1.165, 1.54) is 18.2 Å². The maximum absolute atomic E-state index is 12.8. The molecule has 0 atom stereocenters. The fourth-order valence-corrected chi connectivity index (χ4v) is 1.21. The van der Waals surface area contributed by atoms with E-state index in [0.29, 0.717) is 17.8 Å². The van der Waals surface area contributed by atoms with E-state index in [0.717, 1.165) is 0 Å². The minimum absolute atomic E-state index is 0.140. The first-order valence-electron chi connectivity index (χ1n) is 4.83. The third-order valence-electron chi connectivity index (χ3n) is 1.98. The van der Waals surface area contributed by atoms with Gasteiger partial charge in [0.1, 0.15) is 5.82 Å². The minimum Gasteiger partial charge on any atom is -0.325 e. The molecule has 0 heterocycles. The van der Waals surface area contributed by atoms with Gasteiger partial charge in [0.2, 0.25) is 5.91 Å². The molecule has 84 valence electrons. The number of nitrogens with one attached hydrogen (secondary N) is 2. The Kier molecular flexibility index (Phi) is 4.49. The highest BCUT2D eigenvalue weighted by Gasteiger charge is 2.04. The van der Waals surface area contributed by atoms with Crippen LogP contribution < -0.4 is 10.6 Å². The van der Waals surface area contributed by atoms with Crippen molar-refractivity contribution in [2.24, 2.45) is 0 Å². The van der Waals surface area contributed by atoms with Gasteiger partial charge in [-0.2, -0.15) is 0 Å². The van der Waals surface area contributed by atoms with E-state index in [2.05, 4.69) is 16.6 Å². The zero-order chi connectivity index (χ0) is 12.0. The smallest absolute Gasteiger partial charge is 0.238 e. The van der Waals surface area contributed by atoms with Crippen LogP contribution in [0, 0.1) is 25.1 Å². The number of rotatable bonds is 4. The van der Waals surface area contributed by atoms with E-state index in [-0.39, 0.29) is 18.3 Å². The van der Waals surface area contributed by atoms with Gasteiger partial charge >= 0.3 is 0 Å². The number of amides is 1. The predicted octanol–water partition coefficient (Wildman–Crippen LogP) is 1.30. The predicted molar refractivity (Wildman–Crippen MR) is 61.5 cm³/mol. The van der Waals surface area contributed by atoms with Crippen molar-refractivity contribution in [3.05, 3.63) is 29.6 Å². The summed E-state index contributed by atoms with van der Waals surface area (Å²) >= 11 is 0. The van der Waals surface area contributed by atoms with Crippen molar-refractivity contribution in [3.8, 4) is 12.3 Å². The normalized spacial score (nSPS) is 9.56. The van der Waals surface area contributed by atoms with Gasteiger partial charge in [0.15, 0.2) is 0 Å². The van der Waals surface area contributed by atoms with Crippen LogP contribution in [-0.2, 0) is 4.79 Å². The summed E-state index contributed by atoms with van der Waals surface area (Å²) in [5, 5.41) is 5.42. The summed E-state index contributed by atoms with van der Waals surface area (Å²) in [6, 6.07) is 4.20. The molecule has 16 heavy (non-hydrogen) atoms. The molecule has 0 aliphatic heterocycles. The fourth-order valence-electron chi connectivity index (χ4n) is 1.21. The van der Waals surface area contributed by atoms with Crippen LogP contribution in [-0.4, -0.2) is 19.0 Å². The molecule has 0 bridgehead atoms. The number of hydrogen-bond acceptors (Lipinski definition) is 2. The van der Waals surface area contributed by atoms with Gasteiger partial charge in [0.25, 0.3) is 0 Å². The molecule has 0 fully saturated rings. The molecule has 3 nitrogen and oxygen atoms in total. The maximum Gasteiger partial charge on any atom is 0.238 e. The summed E-state index contributed by atoms with van der Waals surface area (Å²) in [7, 11) is 0. The van der Waals surface area contributed by atoms with Gasteiger partial charge in [-0.1, -0.05) is 5.92 Å². The van der Waals surface area contributed by atoms with Gasteiger partial charge < -0.3 is 5.32 Å². The monoisotopic (exact) mass is 220 g/mol. The van der Waals surface area contributed by atoms with Crippen molar-refractivity contribution in [2.45, 2.75) is 6.92 Å². The molecule has 0 saturated heterocycles. The molecule has 1 rings (SSSR count). The summed E-state index contributed by atoms with van der Waals surface area (Å²) in [6.07, 6.45) is 5.02. The lowest BCUT2D eigenvalue weighted by Gasteiger charge is -2.08. The van der Waals surface area contributed by atoms with Gasteiger partial charge in [0.05, 0.1) is 13.1 Å². The number of halogens is 1. The number of carbonyl (C=O) groups is 1. The molecule has 1 amide bonds. The SMILES string of the molecule is C#CCNCC(=O)Nc1ccc(F)cc1C. The van der Waals surface area contributed by atoms with E-state index >= 15 is 0 Å². The van der Waals surface area contributed by atoms with Crippen LogP contribution in [0.15, 0.2) is 18.2 Å². The van der Waals surface area contributed by atoms with Gasteiger partial charge in [-0.15, -0.1) is 6.42 Å². The van der Waals surface area contributed by atoms with Crippen LogP contribution in [0.5, 0.6) is 0 Å². The molecular formula is C12H13FN2O. The third kappa shape index (κ3) is 3.71. The maximum atomic E-state index is 12.8. The molecular weight excluding hydrogens is 207 g/mol. The summed E-state index contributed by atoms with van der Waals surface area (Å²) < 4.78 is 12.8. The molecule has 2 N–H and O–H groups in total. The van der Waals surface area contributed by atoms with Gasteiger partial charge in [-0.3, -0.25) is 10.1 Å². The first-order valence-corrected chi connectivity index (χ1v) is 4.83. The lowest BCUT2D eigenvalue weighted by Crippen LogP contribution is -2.28. The molecule has 4 heteroatoms. The third-order valence-corrected chi connectivity index (χ3v) is 1.98. The van der Waals surface area contributed by atoms with E-state index in [1.54, 1.807) is 6.92 Å². The highest BCUT2D eigenvalue weighted by Crippen LogP contribution is 2.15. The summed E-state index contributed by atoms with van der Waals surface area (Å²) in [5.41, 5.74) is 1.29. The van der Waals surface area contributed by atoms with Crippen molar-refractivity contribution >= 4 is 11.6 Å². The van der Waals surface area contributed by atoms with Crippen molar-refractivity contribution in [1.82, 2.24) is 5.32 Å². The molecule has 0 aliphatic rings. The number of benzene rings is 1. The van der Waals surface area contributed by atoms with Crippen LogP contribution in [0.25, 0.3) is 0 Å². The number of anilines is 1. The fraction of sp³-hybridized carbons (Fsp3) is 0.250. The van der Waals surface area contributed by atoms with Gasteiger partial charge in [0, 0.05) is 5.69 Å². The van der Waals surface area contributed by atoms with Crippen LogP contribution in [0.1, 0.15) is 5.56 Å². The Bertz CT molecular complexity index is 424. The molecule has 0 aliphatic carbocycles. The molecule has 1 aromatic carbocycles. The molecule has 1 aromatic rings. The second kappa shape index (κ2) is 5.89. The number of hydrogen-bond donors (Lipinski definition) is 2. The Morgan fingerprint density at radius 1 is 1.56 bits per heavy atom. The van der Waals surface area contributed by atoms with Crippen molar-refractivity contribution < 1.29 is 9.18 Å². The Morgan fingerprint density at radius 3 is 2.94 bits per heavy atom. The topological polar surface area (TPSA) is 41.1 Å². The average molecular weight is 220 g/mol. The van der Waals surface area contributed by atoms with Gasteiger partial charge in [-0.25, -0.2) is 4.39 Å². The lowest BCUT2D eigenvalue weighted by atomic mass is 10.2.